The van der Waals surface area contributed by atoms with Gasteiger partial charge in [0.1, 0.15) is 17.6 Å². The number of amides is 1. The lowest BCUT2D eigenvalue weighted by Gasteiger charge is -2.20. The molecule has 1 atom stereocenters. The number of aromatic nitrogens is 4. The van der Waals surface area contributed by atoms with E-state index < -0.39 is 17.9 Å². The van der Waals surface area contributed by atoms with Crippen molar-refractivity contribution in [1.29, 1.82) is 0 Å². The number of hydrogen-bond donors (Lipinski definition) is 0. The normalized spacial score (nSPS) is 16.8. The summed E-state index contributed by atoms with van der Waals surface area (Å²) in [5.74, 6) is 0.354. The SMILES string of the molecule is COc1cc(-n2ncc(N3CC[C@H](n4cc(C(F)(F)F)nc4C)C3=O)c2C(C)C)ccc1Cl. The number of carbonyl (C=O) groups is 1. The van der Waals surface area contributed by atoms with E-state index >= 15 is 0 Å². The van der Waals surface area contributed by atoms with Crippen molar-refractivity contribution in [2.24, 2.45) is 0 Å². The Morgan fingerprint density at radius 2 is 2.00 bits per heavy atom. The Morgan fingerprint density at radius 3 is 2.61 bits per heavy atom. The van der Waals surface area contributed by atoms with Gasteiger partial charge in [-0.15, -0.1) is 0 Å². The topological polar surface area (TPSA) is 65.2 Å². The molecule has 33 heavy (non-hydrogen) atoms. The van der Waals surface area contributed by atoms with Gasteiger partial charge in [-0.3, -0.25) is 4.79 Å². The third-order valence-corrected chi connectivity index (χ3v) is 6.04. The van der Waals surface area contributed by atoms with E-state index in [9.17, 15) is 18.0 Å². The van der Waals surface area contributed by atoms with Crippen molar-refractivity contribution in [2.75, 3.05) is 18.6 Å². The van der Waals surface area contributed by atoms with Crippen molar-refractivity contribution in [3.8, 4) is 11.4 Å². The highest BCUT2D eigenvalue weighted by Gasteiger charge is 2.40. The van der Waals surface area contributed by atoms with Crippen molar-refractivity contribution in [1.82, 2.24) is 19.3 Å². The van der Waals surface area contributed by atoms with Crippen molar-refractivity contribution in [2.45, 2.75) is 45.3 Å². The highest BCUT2D eigenvalue weighted by atomic mass is 35.5. The second kappa shape index (κ2) is 8.40. The van der Waals surface area contributed by atoms with Crippen LogP contribution in [0.1, 0.15) is 49.4 Å². The Labute approximate surface area is 193 Å². The van der Waals surface area contributed by atoms with E-state index in [0.29, 0.717) is 29.4 Å². The molecule has 0 aliphatic carbocycles. The number of rotatable bonds is 5. The monoisotopic (exact) mass is 481 g/mol. The summed E-state index contributed by atoms with van der Waals surface area (Å²) in [6.07, 6.45) is -1.68. The maximum absolute atomic E-state index is 13.3. The molecule has 0 spiro atoms. The smallest absolute Gasteiger partial charge is 0.434 e. The Kier molecular flexibility index (Phi) is 5.90. The number of anilines is 1. The number of ether oxygens (including phenoxy) is 1. The highest BCUT2D eigenvalue weighted by Crippen LogP contribution is 2.37. The molecule has 1 fully saturated rings. The van der Waals surface area contributed by atoms with Crippen LogP contribution in [0.5, 0.6) is 5.75 Å². The summed E-state index contributed by atoms with van der Waals surface area (Å²) in [7, 11) is 1.52. The molecule has 0 radical (unpaired) electrons. The molecule has 176 valence electrons. The summed E-state index contributed by atoms with van der Waals surface area (Å²) in [6.45, 7) is 5.80. The summed E-state index contributed by atoms with van der Waals surface area (Å²) in [4.78, 5) is 18.5. The first-order valence-corrected chi connectivity index (χ1v) is 10.8. The number of alkyl halides is 3. The fourth-order valence-corrected chi connectivity index (χ4v) is 4.38. The van der Waals surface area contributed by atoms with E-state index in [1.165, 1.54) is 18.6 Å². The van der Waals surface area contributed by atoms with Gasteiger partial charge >= 0.3 is 6.18 Å². The molecule has 3 heterocycles. The number of methoxy groups -OCH3 is 1. The zero-order valence-electron chi connectivity index (χ0n) is 18.5. The number of nitrogens with zero attached hydrogens (tertiary/aromatic N) is 5. The van der Waals surface area contributed by atoms with E-state index in [1.54, 1.807) is 34.0 Å². The minimum absolute atomic E-state index is 0.00263. The molecule has 2 aromatic heterocycles. The van der Waals surface area contributed by atoms with Crippen LogP contribution < -0.4 is 9.64 Å². The first kappa shape index (κ1) is 23.2. The van der Waals surface area contributed by atoms with Gasteiger partial charge in [-0.05, 0) is 31.4 Å². The molecule has 0 N–H and O–H groups in total. The molecule has 0 unspecified atom stereocenters. The van der Waals surface area contributed by atoms with E-state index in [1.807, 2.05) is 13.8 Å². The molecule has 3 aromatic rings. The average molecular weight is 482 g/mol. The Bertz CT molecular complexity index is 1200. The van der Waals surface area contributed by atoms with Gasteiger partial charge in [-0.2, -0.15) is 18.3 Å². The molecule has 1 aromatic carbocycles. The van der Waals surface area contributed by atoms with Gasteiger partial charge in [-0.25, -0.2) is 9.67 Å². The first-order valence-electron chi connectivity index (χ1n) is 10.4. The predicted molar refractivity (Wildman–Crippen MR) is 117 cm³/mol. The lowest BCUT2D eigenvalue weighted by atomic mass is 10.1. The van der Waals surface area contributed by atoms with Gasteiger partial charge in [0.05, 0.1) is 35.4 Å². The number of carbonyl (C=O) groups excluding carboxylic acids is 1. The van der Waals surface area contributed by atoms with Crippen LogP contribution >= 0.6 is 11.6 Å². The van der Waals surface area contributed by atoms with Crippen LogP contribution in [0.4, 0.5) is 18.9 Å². The second-order valence-electron chi connectivity index (χ2n) is 8.17. The maximum Gasteiger partial charge on any atom is 0.434 e. The number of aryl methyl sites for hydroxylation is 1. The summed E-state index contributed by atoms with van der Waals surface area (Å²) < 4.78 is 47.6. The minimum Gasteiger partial charge on any atom is -0.495 e. The van der Waals surface area contributed by atoms with E-state index in [-0.39, 0.29) is 17.6 Å². The van der Waals surface area contributed by atoms with Gasteiger partial charge in [0.2, 0.25) is 5.91 Å². The number of halogens is 4. The maximum atomic E-state index is 13.3. The molecular formula is C22H23ClF3N5O2. The van der Waals surface area contributed by atoms with Crippen molar-refractivity contribution >= 4 is 23.2 Å². The van der Waals surface area contributed by atoms with Crippen LogP contribution in [0.3, 0.4) is 0 Å². The number of hydrogen-bond acceptors (Lipinski definition) is 4. The van der Waals surface area contributed by atoms with E-state index in [2.05, 4.69) is 10.1 Å². The summed E-state index contributed by atoms with van der Waals surface area (Å²) in [5.41, 5.74) is 1.14. The van der Waals surface area contributed by atoms with Crippen LogP contribution in [-0.2, 0) is 11.0 Å². The first-order chi connectivity index (χ1) is 15.5. The highest BCUT2D eigenvalue weighted by molar-refractivity contribution is 6.32. The molecule has 0 saturated carbocycles. The molecule has 4 rings (SSSR count). The zero-order valence-corrected chi connectivity index (χ0v) is 19.3. The lowest BCUT2D eigenvalue weighted by molar-refractivity contribution is -0.141. The Morgan fingerprint density at radius 1 is 1.27 bits per heavy atom. The standard InChI is InChI=1S/C22H23ClF3N5O2/c1-12(2)20-17(10-27-31(20)14-5-6-15(23)18(9-14)33-4)29-8-7-16(21(29)32)30-11-19(22(24,25)26)28-13(30)3/h5-6,9-12,16H,7-8H2,1-4H3/t16-/m0/s1. The largest absolute Gasteiger partial charge is 0.495 e. The molecule has 7 nitrogen and oxygen atoms in total. The fraction of sp³-hybridized carbons (Fsp3) is 0.409. The molecule has 11 heteroatoms. The van der Waals surface area contributed by atoms with Crippen molar-refractivity contribution < 1.29 is 22.7 Å². The number of imidazole rings is 1. The Hall–Kier alpha value is -3.01. The summed E-state index contributed by atoms with van der Waals surface area (Å²) in [6, 6.07) is 4.51. The van der Waals surface area contributed by atoms with Gasteiger partial charge in [0, 0.05) is 18.8 Å². The molecule has 1 saturated heterocycles. The van der Waals surface area contributed by atoms with Gasteiger partial charge in [0.25, 0.3) is 0 Å². The van der Waals surface area contributed by atoms with Gasteiger partial charge in [-0.1, -0.05) is 25.4 Å². The summed E-state index contributed by atoms with van der Waals surface area (Å²) >= 11 is 6.15. The second-order valence-corrected chi connectivity index (χ2v) is 8.58. The van der Waals surface area contributed by atoms with Crippen molar-refractivity contribution in [3.63, 3.8) is 0 Å². The van der Waals surface area contributed by atoms with Crippen molar-refractivity contribution in [3.05, 3.63) is 52.8 Å². The van der Waals surface area contributed by atoms with Gasteiger partial charge in [0.15, 0.2) is 5.69 Å². The predicted octanol–water partition coefficient (Wildman–Crippen LogP) is 5.16. The summed E-state index contributed by atoms with van der Waals surface area (Å²) in [5, 5.41) is 4.96. The van der Waals surface area contributed by atoms with Crippen LogP contribution in [-0.4, -0.2) is 38.9 Å². The van der Waals surface area contributed by atoms with Crippen LogP contribution in [0.15, 0.2) is 30.6 Å². The zero-order chi connectivity index (χ0) is 24.1. The average Bonchev–Trinajstić information content (AvgIpc) is 3.44. The third kappa shape index (κ3) is 4.07. The van der Waals surface area contributed by atoms with E-state index in [0.717, 1.165) is 17.6 Å². The molecular weight excluding hydrogens is 459 g/mol. The van der Waals surface area contributed by atoms with Crippen LogP contribution in [0, 0.1) is 6.92 Å². The molecule has 0 bridgehead atoms. The Balaban J connectivity index is 1.70. The van der Waals surface area contributed by atoms with E-state index in [4.69, 9.17) is 16.3 Å². The molecule has 1 amide bonds. The lowest BCUT2D eigenvalue weighted by Crippen LogP contribution is -2.29. The molecule has 1 aliphatic heterocycles. The third-order valence-electron chi connectivity index (χ3n) is 5.72. The van der Waals surface area contributed by atoms with Crippen LogP contribution in [0.2, 0.25) is 5.02 Å². The van der Waals surface area contributed by atoms with Gasteiger partial charge < -0.3 is 14.2 Å². The number of benzene rings is 1. The van der Waals surface area contributed by atoms with Crippen LogP contribution in [0.25, 0.3) is 5.69 Å². The molecule has 1 aliphatic rings. The minimum atomic E-state index is -4.57. The fourth-order valence-electron chi connectivity index (χ4n) is 4.18. The quantitative estimate of drug-likeness (QED) is 0.505.